The van der Waals surface area contributed by atoms with Gasteiger partial charge in [0.25, 0.3) is 0 Å². The summed E-state index contributed by atoms with van der Waals surface area (Å²) >= 11 is 0. The molecule has 0 radical (unpaired) electrons. The molecule has 6 nitrogen and oxygen atoms in total. The van der Waals surface area contributed by atoms with Crippen LogP contribution in [-0.4, -0.2) is 38.6 Å². The Bertz CT molecular complexity index is 510. The van der Waals surface area contributed by atoms with E-state index in [1.165, 1.54) is 7.11 Å². The number of nitrogens with one attached hydrogen (secondary N) is 1. The van der Waals surface area contributed by atoms with Crippen LogP contribution in [0.4, 0.5) is 11.4 Å². The molecule has 6 heteroatoms. The van der Waals surface area contributed by atoms with Gasteiger partial charge in [-0.25, -0.2) is 0 Å². The van der Waals surface area contributed by atoms with E-state index in [2.05, 4.69) is 10.2 Å². The van der Waals surface area contributed by atoms with E-state index in [0.717, 1.165) is 31.6 Å². The van der Waals surface area contributed by atoms with Gasteiger partial charge in [-0.15, -0.1) is 0 Å². The average molecular weight is 277 g/mol. The van der Waals surface area contributed by atoms with Gasteiger partial charge in [-0.3, -0.25) is 9.59 Å². The number of amides is 2. The molecule has 1 heterocycles. The lowest BCUT2D eigenvalue weighted by Gasteiger charge is -2.22. The van der Waals surface area contributed by atoms with Gasteiger partial charge in [-0.1, -0.05) is 0 Å². The van der Waals surface area contributed by atoms with E-state index in [1.807, 2.05) is 6.07 Å². The average Bonchev–Trinajstić information content (AvgIpc) is 2.92. The summed E-state index contributed by atoms with van der Waals surface area (Å²) in [6.45, 7) is 1.87. The highest BCUT2D eigenvalue weighted by molar-refractivity contribution is 5.99. The molecule has 1 aromatic rings. The fourth-order valence-corrected chi connectivity index (χ4v) is 2.34. The van der Waals surface area contributed by atoms with E-state index in [4.69, 9.17) is 10.5 Å². The molecule has 1 fully saturated rings. The SMILES string of the molecule is COCC(=O)Nc1cc(C(N)=O)ccc1N1CCCC1. The zero-order valence-corrected chi connectivity index (χ0v) is 11.5. The number of nitrogens with two attached hydrogens (primary N) is 1. The Balaban J connectivity index is 2.29. The summed E-state index contributed by atoms with van der Waals surface area (Å²) in [5.74, 6) is -0.769. The van der Waals surface area contributed by atoms with Crippen molar-refractivity contribution in [3.8, 4) is 0 Å². The largest absolute Gasteiger partial charge is 0.375 e. The number of hydrogen-bond donors (Lipinski definition) is 2. The Morgan fingerprint density at radius 1 is 1.35 bits per heavy atom. The molecule has 1 saturated heterocycles. The second-order valence-corrected chi connectivity index (χ2v) is 4.77. The molecule has 0 aliphatic carbocycles. The number of carbonyl (C=O) groups excluding carboxylic acids is 2. The molecule has 20 heavy (non-hydrogen) atoms. The topological polar surface area (TPSA) is 84.7 Å². The first-order valence-corrected chi connectivity index (χ1v) is 6.59. The van der Waals surface area contributed by atoms with Gasteiger partial charge >= 0.3 is 0 Å². The maximum Gasteiger partial charge on any atom is 0.250 e. The van der Waals surface area contributed by atoms with Crippen LogP contribution in [0, 0.1) is 0 Å². The number of nitrogens with zero attached hydrogens (tertiary/aromatic N) is 1. The number of hydrogen-bond acceptors (Lipinski definition) is 4. The molecule has 0 bridgehead atoms. The standard InChI is InChI=1S/C14H19N3O3/c1-20-9-13(18)16-11-8-10(14(15)19)4-5-12(11)17-6-2-3-7-17/h4-5,8H,2-3,6-7,9H2,1H3,(H2,15,19)(H,16,18). The van der Waals surface area contributed by atoms with E-state index in [-0.39, 0.29) is 12.5 Å². The molecule has 2 rings (SSSR count). The Morgan fingerprint density at radius 2 is 2.05 bits per heavy atom. The van der Waals surface area contributed by atoms with Crippen LogP contribution in [0.2, 0.25) is 0 Å². The number of benzene rings is 1. The van der Waals surface area contributed by atoms with E-state index >= 15 is 0 Å². The Morgan fingerprint density at radius 3 is 2.65 bits per heavy atom. The van der Waals surface area contributed by atoms with Crippen LogP contribution in [0.1, 0.15) is 23.2 Å². The molecule has 1 aliphatic rings. The number of methoxy groups -OCH3 is 1. The van der Waals surface area contributed by atoms with Crippen LogP contribution in [0.15, 0.2) is 18.2 Å². The molecular formula is C14H19N3O3. The van der Waals surface area contributed by atoms with Gasteiger partial charge in [-0.05, 0) is 31.0 Å². The predicted molar refractivity (Wildman–Crippen MR) is 76.9 cm³/mol. The maximum atomic E-state index is 11.7. The molecule has 2 amide bonds. The van der Waals surface area contributed by atoms with Crippen LogP contribution in [0.5, 0.6) is 0 Å². The predicted octanol–water partition coefficient (Wildman–Crippen LogP) is 0.971. The highest BCUT2D eigenvalue weighted by atomic mass is 16.5. The summed E-state index contributed by atoms with van der Waals surface area (Å²) in [4.78, 5) is 25.1. The molecule has 0 spiro atoms. The molecule has 1 aliphatic heterocycles. The molecular weight excluding hydrogens is 258 g/mol. The van der Waals surface area contributed by atoms with E-state index < -0.39 is 5.91 Å². The number of primary amides is 1. The number of carbonyl (C=O) groups is 2. The fourth-order valence-electron chi connectivity index (χ4n) is 2.34. The van der Waals surface area contributed by atoms with Crippen LogP contribution in [0.25, 0.3) is 0 Å². The molecule has 0 unspecified atom stereocenters. The molecule has 0 atom stereocenters. The summed E-state index contributed by atoms with van der Waals surface area (Å²) in [5.41, 5.74) is 7.18. The van der Waals surface area contributed by atoms with Crippen molar-refractivity contribution in [2.45, 2.75) is 12.8 Å². The Kier molecular flexibility index (Phi) is 4.57. The van der Waals surface area contributed by atoms with Gasteiger partial charge in [0.15, 0.2) is 0 Å². The Hall–Kier alpha value is -2.08. The van der Waals surface area contributed by atoms with Gasteiger partial charge in [0.1, 0.15) is 6.61 Å². The first-order valence-electron chi connectivity index (χ1n) is 6.59. The summed E-state index contributed by atoms with van der Waals surface area (Å²) < 4.78 is 4.80. The molecule has 3 N–H and O–H groups in total. The van der Waals surface area contributed by atoms with Crippen LogP contribution >= 0.6 is 0 Å². The van der Waals surface area contributed by atoms with Gasteiger partial charge < -0.3 is 20.7 Å². The van der Waals surface area contributed by atoms with Crippen molar-refractivity contribution in [2.75, 3.05) is 37.0 Å². The first-order chi connectivity index (χ1) is 9.61. The number of ether oxygens (including phenoxy) is 1. The highest BCUT2D eigenvalue weighted by Gasteiger charge is 2.18. The van der Waals surface area contributed by atoms with Crippen molar-refractivity contribution in [3.63, 3.8) is 0 Å². The minimum absolute atomic E-state index is 0.0275. The zero-order valence-electron chi connectivity index (χ0n) is 11.5. The second kappa shape index (κ2) is 6.38. The lowest BCUT2D eigenvalue weighted by molar-refractivity contribution is -0.119. The monoisotopic (exact) mass is 277 g/mol. The second-order valence-electron chi connectivity index (χ2n) is 4.77. The minimum atomic E-state index is -0.514. The third-order valence-electron chi connectivity index (χ3n) is 3.28. The van der Waals surface area contributed by atoms with Crippen LogP contribution < -0.4 is 16.0 Å². The van der Waals surface area contributed by atoms with Gasteiger partial charge in [0, 0.05) is 25.8 Å². The molecule has 108 valence electrons. The number of rotatable bonds is 5. The third-order valence-corrected chi connectivity index (χ3v) is 3.28. The fraction of sp³-hybridized carbons (Fsp3) is 0.429. The Labute approximate surface area is 117 Å². The third kappa shape index (κ3) is 3.27. The normalized spacial score (nSPS) is 14.3. The highest BCUT2D eigenvalue weighted by Crippen LogP contribution is 2.30. The quantitative estimate of drug-likeness (QED) is 0.840. The zero-order chi connectivity index (χ0) is 14.5. The van der Waals surface area contributed by atoms with E-state index in [9.17, 15) is 9.59 Å². The van der Waals surface area contributed by atoms with Crippen molar-refractivity contribution in [1.29, 1.82) is 0 Å². The smallest absolute Gasteiger partial charge is 0.250 e. The lowest BCUT2D eigenvalue weighted by Crippen LogP contribution is -2.23. The van der Waals surface area contributed by atoms with Gasteiger partial charge in [-0.2, -0.15) is 0 Å². The van der Waals surface area contributed by atoms with Crippen molar-refractivity contribution < 1.29 is 14.3 Å². The van der Waals surface area contributed by atoms with E-state index in [0.29, 0.717) is 11.3 Å². The van der Waals surface area contributed by atoms with Gasteiger partial charge in [0.2, 0.25) is 11.8 Å². The summed E-state index contributed by atoms with van der Waals surface area (Å²) in [5, 5.41) is 2.77. The van der Waals surface area contributed by atoms with Crippen molar-refractivity contribution in [3.05, 3.63) is 23.8 Å². The van der Waals surface area contributed by atoms with Crippen LogP contribution in [0.3, 0.4) is 0 Å². The lowest BCUT2D eigenvalue weighted by atomic mass is 10.1. The van der Waals surface area contributed by atoms with Crippen molar-refractivity contribution in [1.82, 2.24) is 0 Å². The number of anilines is 2. The minimum Gasteiger partial charge on any atom is -0.375 e. The summed E-state index contributed by atoms with van der Waals surface area (Å²) in [7, 11) is 1.46. The molecule has 1 aromatic carbocycles. The summed E-state index contributed by atoms with van der Waals surface area (Å²) in [6, 6.07) is 5.12. The molecule has 0 aromatic heterocycles. The van der Waals surface area contributed by atoms with Crippen molar-refractivity contribution in [2.24, 2.45) is 5.73 Å². The first kappa shape index (κ1) is 14.3. The van der Waals surface area contributed by atoms with E-state index in [1.54, 1.807) is 12.1 Å². The molecule has 0 saturated carbocycles. The van der Waals surface area contributed by atoms with Crippen molar-refractivity contribution >= 4 is 23.2 Å². The summed E-state index contributed by atoms with van der Waals surface area (Å²) in [6.07, 6.45) is 2.26. The van der Waals surface area contributed by atoms with Gasteiger partial charge in [0.05, 0.1) is 11.4 Å². The maximum absolute atomic E-state index is 11.7. The van der Waals surface area contributed by atoms with Crippen LogP contribution in [-0.2, 0) is 9.53 Å².